The number of thioether (sulfide) groups is 2. The van der Waals surface area contributed by atoms with E-state index in [2.05, 4.69) is 10.6 Å². The Bertz CT molecular complexity index is 444. The Labute approximate surface area is 116 Å². The van der Waals surface area contributed by atoms with E-state index in [1.165, 1.54) is 24.3 Å². The van der Waals surface area contributed by atoms with Gasteiger partial charge in [-0.2, -0.15) is 13.2 Å². The Kier molecular flexibility index (Phi) is 4.64. The molecule has 0 bridgehead atoms. The van der Waals surface area contributed by atoms with E-state index < -0.39 is 5.51 Å². The molecule has 0 radical (unpaired) electrons. The lowest BCUT2D eigenvalue weighted by Gasteiger charge is -2.11. The van der Waals surface area contributed by atoms with Crippen molar-refractivity contribution in [2.24, 2.45) is 0 Å². The van der Waals surface area contributed by atoms with Crippen LogP contribution in [0.5, 0.6) is 0 Å². The van der Waals surface area contributed by atoms with Crippen molar-refractivity contribution in [3.8, 4) is 0 Å². The summed E-state index contributed by atoms with van der Waals surface area (Å²) in [5.74, 6) is 1.27. The molecular formula is C11H11F3N2OS2. The molecule has 0 saturated carbocycles. The van der Waals surface area contributed by atoms with Gasteiger partial charge < -0.3 is 5.32 Å². The minimum Gasteiger partial charge on any atom is -0.325 e. The van der Waals surface area contributed by atoms with Crippen LogP contribution in [0, 0.1) is 0 Å². The van der Waals surface area contributed by atoms with Crippen molar-refractivity contribution < 1.29 is 18.0 Å². The fraction of sp³-hybridized carbons (Fsp3) is 0.364. The van der Waals surface area contributed by atoms with Crippen LogP contribution in [0.2, 0.25) is 0 Å². The highest BCUT2D eigenvalue weighted by molar-refractivity contribution is 8.00. The first-order valence-electron chi connectivity index (χ1n) is 5.42. The maximum atomic E-state index is 12.1. The molecule has 3 nitrogen and oxygen atoms in total. The number of rotatable bonds is 3. The van der Waals surface area contributed by atoms with Crippen molar-refractivity contribution in [2.45, 2.75) is 16.4 Å². The second-order valence-electron chi connectivity index (χ2n) is 3.83. The van der Waals surface area contributed by atoms with E-state index in [1.807, 2.05) is 0 Å². The van der Waals surface area contributed by atoms with Crippen molar-refractivity contribution in [3.05, 3.63) is 24.3 Å². The number of amides is 1. The van der Waals surface area contributed by atoms with Crippen molar-refractivity contribution in [1.29, 1.82) is 0 Å². The maximum absolute atomic E-state index is 12.1. The predicted molar refractivity (Wildman–Crippen MR) is 71.2 cm³/mol. The molecule has 1 saturated heterocycles. The summed E-state index contributed by atoms with van der Waals surface area (Å²) in [6, 6.07) is 5.37. The SMILES string of the molecule is O=C(Nc1ccc(SC(F)(F)F)cc1)C1CSCN1. The molecule has 2 N–H and O–H groups in total. The van der Waals surface area contributed by atoms with Crippen LogP contribution >= 0.6 is 23.5 Å². The summed E-state index contributed by atoms with van der Waals surface area (Å²) in [6.45, 7) is 0. The van der Waals surface area contributed by atoms with Crippen molar-refractivity contribution in [1.82, 2.24) is 5.32 Å². The van der Waals surface area contributed by atoms with Gasteiger partial charge in [-0.15, -0.1) is 11.8 Å². The molecule has 1 fully saturated rings. The van der Waals surface area contributed by atoms with E-state index in [-0.39, 0.29) is 28.6 Å². The van der Waals surface area contributed by atoms with Crippen LogP contribution < -0.4 is 10.6 Å². The molecule has 19 heavy (non-hydrogen) atoms. The number of hydrogen-bond donors (Lipinski definition) is 2. The number of benzene rings is 1. The molecule has 0 aromatic heterocycles. The molecule has 1 aliphatic heterocycles. The highest BCUT2D eigenvalue weighted by Crippen LogP contribution is 2.37. The van der Waals surface area contributed by atoms with Gasteiger partial charge in [0.25, 0.3) is 0 Å². The summed E-state index contributed by atoms with van der Waals surface area (Å²) in [4.78, 5) is 11.9. The zero-order chi connectivity index (χ0) is 13.9. The van der Waals surface area contributed by atoms with Gasteiger partial charge in [0.1, 0.15) is 0 Å². The first kappa shape index (κ1) is 14.5. The lowest BCUT2D eigenvalue weighted by molar-refractivity contribution is -0.117. The highest BCUT2D eigenvalue weighted by atomic mass is 32.2. The first-order valence-corrected chi connectivity index (χ1v) is 7.39. The predicted octanol–water partition coefficient (Wildman–Crippen LogP) is 2.90. The quantitative estimate of drug-likeness (QED) is 0.843. The number of carbonyl (C=O) groups excluding carboxylic acids is 1. The zero-order valence-electron chi connectivity index (χ0n) is 9.66. The van der Waals surface area contributed by atoms with Crippen LogP contribution in [0.25, 0.3) is 0 Å². The van der Waals surface area contributed by atoms with Gasteiger partial charge in [0, 0.05) is 22.2 Å². The van der Waals surface area contributed by atoms with Crippen molar-refractivity contribution in [3.63, 3.8) is 0 Å². The Morgan fingerprint density at radius 1 is 1.37 bits per heavy atom. The molecule has 1 atom stereocenters. The van der Waals surface area contributed by atoms with Crippen LogP contribution in [0.1, 0.15) is 0 Å². The Balaban J connectivity index is 1.93. The number of hydrogen-bond acceptors (Lipinski definition) is 4. The van der Waals surface area contributed by atoms with Gasteiger partial charge in [0.05, 0.1) is 6.04 Å². The molecule has 0 aliphatic carbocycles. The third kappa shape index (κ3) is 4.63. The summed E-state index contributed by atoms with van der Waals surface area (Å²) in [5.41, 5.74) is -3.80. The molecule has 1 unspecified atom stereocenters. The van der Waals surface area contributed by atoms with E-state index in [0.29, 0.717) is 11.4 Å². The van der Waals surface area contributed by atoms with Gasteiger partial charge in [-0.1, -0.05) is 0 Å². The van der Waals surface area contributed by atoms with Crippen molar-refractivity contribution >= 4 is 35.1 Å². The van der Waals surface area contributed by atoms with Gasteiger partial charge in [0.2, 0.25) is 5.91 Å². The zero-order valence-corrected chi connectivity index (χ0v) is 11.3. The van der Waals surface area contributed by atoms with Crippen LogP contribution in [0.3, 0.4) is 0 Å². The maximum Gasteiger partial charge on any atom is 0.446 e. The average Bonchev–Trinajstić information content (AvgIpc) is 2.83. The van der Waals surface area contributed by atoms with E-state index in [1.54, 1.807) is 11.8 Å². The highest BCUT2D eigenvalue weighted by Gasteiger charge is 2.29. The number of alkyl halides is 3. The molecular weight excluding hydrogens is 297 g/mol. The summed E-state index contributed by atoms with van der Waals surface area (Å²) in [7, 11) is 0. The largest absolute Gasteiger partial charge is 0.446 e. The Hall–Kier alpha value is -0.860. The molecule has 1 aromatic rings. The van der Waals surface area contributed by atoms with Crippen LogP contribution in [0.4, 0.5) is 18.9 Å². The van der Waals surface area contributed by atoms with Gasteiger partial charge in [-0.3, -0.25) is 10.1 Å². The number of halogens is 3. The molecule has 1 heterocycles. The minimum absolute atomic E-state index is 0.0973. The molecule has 104 valence electrons. The fourth-order valence-electron chi connectivity index (χ4n) is 1.53. The second kappa shape index (κ2) is 6.06. The molecule has 1 aromatic carbocycles. The number of nitrogens with one attached hydrogen (secondary N) is 2. The van der Waals surface area contributed by atoms with Crippen LogP contribution in [-0.4, -0.2) is 29.1 Å². The summed E-state index contributed by atoms with van der Waals surface area (Å²) in [5, 5.41) is 5.69. The molecule has 1 amide bonds. The average molecular weight is 308 g/mol. The molecule has 1 aliphatic rings. The van der Waals surface area contributed by atoms with Gasteiger partial charge in [-0.25, -0.2) is 0 Å². The minimum atomic E-state index is -4.30. The van der Waals surface area contributed by atoms with Crippen LogP contribution in [-0.2, 0) is 4.79 Å². The molecule has 0 spiro atoms. The standard InChI is InChI=1S/C11H11F3N2OS2/c12-11(13,14)19-8-3-1-7(2-4-8)16-10(17)9-5-18-6-15-9/h1-4,9,15H,5-6H2,(H,16,17). The van der Waals surface area contributed by atoms with E-state index in [0.717, 1.165) is 5.88 Å². The number of anilines is 1. The molecule has 2 rings (SSSR count). The Morgan fingerprint density at radius 3 is 2.58 bits per heavy atom. The summed E-state index contributed by atoms with van der Waals surface area (Å²) >= 11 is 1.45. The topological polar surface area (TPSA) is 41.1 Å². The van der Waals surface area contributed by atoms with Crippen LogP contribution in [0.15, 0.2) is 29.2 Å². The number of carbonyl (C=O) groups is 1. The normalized spacial score (nSPS) is 19.4. The second-order valence-corrected chi connectivity index (χ2v) is 6.00. The van der Waals surface area contributed by atoms with Gasteiger partial charge in [0.15, 0.2) is 0 Å². The Morgan fingerprint density at radius 2 is 2.05 bits per heavy atom. The van der Waals surface area contributed by atoms with E-state index in [9.17, 15) is 18.0 Å². The van der Waals surface area contributed by atoms with Gasteiger partial charge in [-0.05, 0) is 36.0 Å². The van der Waals surface area contributed by atoms with E-state index in [4.69, 9.17) is 0 Å². The monoisotopic (exact) mass is 308 g/mol. The summed E-state index contributed by atoms with van der Waals surface area (Å²) < 4.78 is 36.4. The lowest BCUT2D eigenvalue weighted by atomic mass is 10.2. The summed E-state index contributed by atoms with van der Waals surface area (Å²) in [6.07, 6.45) is 0. The molecule has 8 heteroatoms. The smallest absolute Gasteiger partial charge is 0.325 e. The first-order chi connectivity index (χ1) is 8.94. The van der Waals surface area contributed by atoms with E-state index >= 15 is 0 Å². The van der Waals surface area contributed by atoms with Crippen molar-refractivity contribution in [2.75, 3.05) is 16.9 Å². The third-order valence-electron chi connectivity index (χ3n) is 2.39. The lowest BCUT2D eigenvalue weighted by Crippen LogP contribution is -2.37. The van der Waals surface area contributed by atoms with Gasteiger partial charge >= 0.3 is 5.51 Å². The third-order valence-corrected chi connectivity index (χ3v) is 4.07. The fourth-order valence-corrected chi connectivity index (χ4v) is 3.01.